The van der Waals surface area contributed by atoms with Gasteiger partial charge in [-0.05, 0) is 28.1 Å². The lowest BCUT2D eigenvalue weighted by atomic mass is 10.1. The van der Waals surface area contributed by atoms with Crippen molar-refractivity contribution in [2.45, 2.75) is 11.3 Å². The van der Waals surface area contributed by atoms with Crippen LogP contribution in [0.15, 0.2) is 26.7 Å². The highest BCUT2D eigenvalue weighted by Gasteiger charge is 2.24. The van der Waals surface area contributed by atoms with Gasteiger partial charge in [0, 0.05) is 22.7 Å². The summed E-state index contributed by atoms with van der Waals surface area (Å²) in [4.78, 5) is 5.07. The molecule has 0 unspecified atom stereocenters. The maximum atomic E-state index is 11.7. The van der Waals surface area contributed by atoms with Gasteiger partial charge in [-0.3, -0.25) is 0 Å². The van der Waals surface area contributed by atoms with Crippen LogP contribution in [0.25, 0.3) is 0 Å². The molecule has 1 aromatic rings. The van der Waals surface area contributed by atoms with Gasteiger partial charge in [-0.25, -0.2) is 8.42 Å². The molecule has 0 aliphatic carbocycles. The number of benzene rings is 1. The van der Waals surface area contributed by atoms with Crippen LogP contribution in [0.1, 0.15) is 12.0 Å². The molecule has 0 radical (unpaired) electrons. The van der Waals surface area contributed by atoms with E-state index < -0.39 is 9.84 Å². The Bertz CT molecular complexity index is 598. The van der Waals surface area contributed by atoms with Crippen molar-refractivity contribution in [3.8, 4) is 0 Å². The molecule has 0 atom stereocenters. The molecule has 92 valence electrons. The van der Waals surface area contributed by atoms with E-state index >= 15 is 0 Å². The zero-order valence-electron chi connectivity index (χ0n) is 8.91. The second kappa shape index (κ2) is 4.59. The van der Waals surface area contributed by atoms with Gasteiger partial charge in [0.05, 0.1) is 15.6 Å². The number of hydrogen-bond donors (Lipinski definition) is 0. The highest BCUT2D eigenvalue weighted by molar-refractivity contribution is 9.10. The standard InChI is InChI=1S/C10H9BrClNO3S/c1-17(14,15)8-3-2-6(11)10(12)9(8)7-4-5-16-13-7/h2-3H,4-5H2,1H3. The van der Waals surface area contributed by atoms with Gasteiger partial charge in [0.15, 0.2) is 9.84 Å². The van der Waals surface area contributed by atoms with Gasteiger partial charge in [0.2, 0.25) is 0 Å². The minimum absolute atomic E-state index is 0.176. The molecular formula is C10H9BrClNO3S. The normalized spacial score (nSPS) is 15.6. The van der Waals surface area contributed by atoms with E-state index in [1.807, 2.05) is 0 Å². The molecule has 4 nitrogen and oxygen atoms in total. The van der Waals surface area contributed by atoms with Crippen molar-refractivity contribution in [2.24, 2.45) is 5.16 Å². The smallest absolute Gasteiger partial charge is 0.176 e. The Morgan fingerprint density at radius 3 is 2.71 bits per heavy atom. The fourth-order valence-electron chi connectivity index (χ4n) is 1.59. The maximum Gasteiger partial charge on any atom is 0.176 e. The first kappa shape index (κ1) is 12.9. The predicted molar refractivity (Wildman–Crippen MR) is 69.4 cm³/mol. The summed E-state index contributed by atoms with van der Waals surface area (Å²) in [5.74, 6) is 0. The molecule has 0 spiro atoms. The van der Waals surface area contributed by atoms with Crippen LogP contribution in [0, 0.1) is 0 Å². The van der Waals surface area contributed by atoms with E-state index in [0.717, 1.165) is 6.26 Å². The molecule has 0 saturated carbocycles. The molecule has 0 N–H and O–H groups in total. The third-order valence-electron chi connectivity index (χ3n) is 2.35. The number of oxime groups is 1. The van der Waals surface area contributed by atoms with E-state index in [4.69, 9.17) is 16.4 Å². The largest absolute Gasteiger partial charge is 0.395 e. The van der Waals surface area contributed by atoms with Crippen LogP contribution in [0.4, 0.5) is 0 Å². The minimum Gasteiger partial charge on any atom is -0.395 e. The minimum atomic E-state index is -3.35. The summed E-state index contributed by atoms with van der Waals surface area (Å²) in [6.45, 7) is 0.446. The van der Waals surface area contributed by atoms with Gasteiger partial charge >= 0.3 is 0 Å². The lowest BCUT2D eigenvalue weighted by molar-refractivity contribution is 0.174. The van der Waals surface area contributed by atoms with Crippen molar-refractivity contribution in [2.75, 3.05) is 12.9 Å². The summed E-state index contributed by atoms with van der Waals surface area (Å²) in [6, 6.07) is 3.13. The predicted octanol–water partition coefficient (Wildman–Crippen LogP) is 2.63. The van der Waals surface area contributed by atoms with Crippen molar-refractivity contribution < 1.29 is 13.3 Å². The summed E-state index contributed by atoms with van der Waals surface area (Å²) in [5, 5.41) is 4.17. The summed E-state index contributed by atoms with van der Waals surface area (Å²) in [5.41, 5.74) is 0.998. The van der Waals surface area contributed by atoms with E-state index in [2.05, 4.69) is 21.1 Å². The molecule has 1 aliphatic rings. The number of halogens is 2. The Morgan fingerprint density at radius 1 is 1.47 bits per heavy atom. The third kappa shape index (κ3) is 2.48. The summed E-state index contributed by atoms with van der Waals surface area (Å²) in [6.07, 6.45) is 1.70. The van der Waals surface area contributed by atoms with Crippen LogP contribution >= 0.6 is 27.5 Å². The molecule has 17 heavy (non-hydrogen) atoms. The van der Waals surface area contributed by atoms with Gasteiger partial charge < -0.3 is 4.84 Å². The van der Waals surface area contributed by atoms with Gasteiger partial charge in [-0.1, -0.05) is 16.8 Å². The third-order valence-corrected chi connectivity index (χ3v) is 4.77. The van der Waals surface area contributed by atoms with Crippen LogP contribution in [0.3, 0.4) is 0 Å². The Kier molecular flexibility index (Phi) is 3.47. The molecule has 0 fully saturated rings. The number of sulfone groups is 1. The van der Waals surface area contributed by atoms with Gasteiger partial charge in [0.1, 0.15) is 6.61 Å². The van der Waals surface area contributed by atoms with Crippen molar-refractivity contribution in [1.29, 1.82) is 0 Å². The Hall–Kier alpha value is -0.590. The van der Waals surface area contributed by atoms with Crippen LogP contribution in [0.5, 0.6) is 0 Å². The Labute approximate surface area is 113 Å². The Balaban J connectivity index is 2.73. The number of hydrogen-bond acceptors (Lipinski definition) is 4. The molecule has 0 amide bonds. The second-order valence-corrected chi connectivity index (χ2v) is 6.84. The average Bonchev–Trinajstić information content (AvgIpc) is 2.73. The second-order valence-electron chi connectivity index (χ2n) is 3.63. The molecule has 0 saturated heterocycles. The molecule has 7 heteroatoms. The maximum absolute atomic E-state index is 11.7. The zero-order chi connectivity index (χ0) is 12.6. The first-order valence-corrected chi connectivity index (χ1v) is 7.85. The topological polar surface area (TPSA) is 55.7 Å². The molecule has 0 bridgehead atoms. The number of nitrogens with zero attached hydrogens (tertiary/aromatic N) is 1. The lowest BCUT2D eigenvalue weighted by Gasteiger charge is -2.10. The van der Waals surface area contributed by atoms with Crippen molar-refractivity contribution in [3.63, 3.8) is 0 Å². The fourth-order valence-corrected chi connectivity index (χ4v) is 3.16. The van der Waals surface area contributed by atoms with Crippen LogP contribution in [-0.4, -0.2) is 27.0 Å². The van der Waals surface area contributed by atoms with E-state index in [1.165, 1.54) is 6.07 Å². The fraction of sp³-hybridized carbons (Fsp3) is 0.300. The van der Waals surface area contributed by atoms with Gasteiger partial charge in [-0.2, -0.15) is 0 Å². The molecule has 1 heterocycles. The average molecular weight is 339 g/mol. The zero-order valence-corrected chi connectivity index (χ0v) is 12.1. The van der Waals surface area contributed by atoms with Crippen LogP contribution in [-0.2, 0) is 14.7 Å². The van der Waals surface area contributed by atoms with E-state index in [0.29, 0.717) is 33.8 Å². The molecular weight excluding hydrogens is 330 g/mol. The monoisotopic (exact) mass is 337 g/mol. The van der Waals surface area contributed by atoms with Crippen LogP contribution < -0.4 is 0 Å². The van der Waals surface area contributed by atoms with Crippen LogP contribution in [0.2, 0.25) is 5.02 Å². The lowest BCUT2D eigenvalue weighted by Crippen LogP contribution is -2.09. The summed E-state index contributed by atoms with van der Waals surface area (Å²) in [7, 11) is -3.35. The van der Waals surface area contributed by atoms with E-state index in [1.54, 1.807) is 6.07 Å². The van der Waals surface area contributed by atoms with Crippen molar-refractivity contribution >= 4 is 43.1 Å². The highest BCUT2D eigenvalue weighted by Crippen LogP contribution is 2.33. The highest BCUT2D eigenvalue weighted by atomic mass is 79.9. The van der Waals surface area contributed by atoms with E-state index in [-0.39, 0.29) is 4.90 Å². The van der Waals surface area contributed by atoms with E-state index in [9.17, 15) is 8.42 Å². The Morgan fingerprint density at radius 2 is 2.18 bits per heavy atom. The molecule has 1 aliphatic heterocycles. The van der Waals surface area contributed by atoms with Crippen molar-refractivity contribution in [3.05, 3.63) is 27.2 Å². The molecule has 0 aromatic heterocycles. The first-order valence-electron chi connectivity index (χ1n) is 4.78. The molecule has 2 rings (SSSR count). The molecule has 1 aromatic carbocycles. The first-order chi connectivity index (χ1) is 7.91. The van der Waals surface area contributed by atoms with Gasteiger partial charge in [0.25, 0.3) is 0 Å². The van der Waals surface area contributed by atoms with Gasteiger partial charge in [-0.15, -0.1) is 0 Å². The summed E-state index contributed by atoms with van der Waals surface area (Å²) < 4.78 is 24.0. The van der Waals surface area contributed by atoms with Crippen molar-refractivity contribution in [1.82, 2.24) is 0 Å². The quantitative estimate of drug-likeness (QED) is 0.833. The summed E-state index contributed by atoms with van der Waals surface area (Å²) >= 11 is 9.41. The number of rotatable bonds is 2. The SMILES string of the molecule is CS(=O)(=O)c1ccc(Br)c(Cl)c1C1=NOCC1.